The zero-order chi connectivity index (χ0) is 22.2. The van der Waals surface area contributed by atoms with Gasteiger partial charge in [0.05, 0.1) is 4.90 Å². The highest BCUT2D eigenvalue weighted by atomic mass is 35.5. The third-order valence-electron chi connectivity index (χ3n) is 6.41. The lowest BCUT2D eigenvalue weighted by molar-refractivity contribution is -0.147. The maximum Gasteiger partial charge on any atom is 0.337 e. The van der Waals surface area contributed by atoms with Crippen molar-refractivity contribution in [3.8, 4) is 0 Å². The normalized spacial score (nSPS) is 19.4. The third-order valence-corrected chi connectivity index (χ3v) is 8.10. The first-order valence-electron chi connectivity index (χ1n) is 10.6. The van der Waals surface area contributed by atoms with Crippen molar-refractivity contribution in [1.82, 2.24) is 4.72 Å². The molecule has 0 radical (unpaired) electrons. The minimum atomic E-state index is -3.69. The summed E-state index contributed by atoms with van der Waals surface area (Å²) in [6, 6.07) is 8.15. The summed E-state index contributed by atoms with van der Waals surface area (Å²) < 4.78 is 28.2. The van der Waals surface area contributed by atoms with Crippen LogP contribution in [0.4, 0.5) is 0 Å². The molecule has 0 saturated heterocycles. The highest BCUT2D eigenvalue weighted by Crippen LogP contribution is 2.41. The summed E-state index contributed by atoms with van der Waals surface area (Å²) in [6.45, 7) is 0.222. The van der Waals surface area contributed by atoms with E-state index in [1.807, 2.05) is 0 Å². The van der Waals surface area contributed by atoms with Gasteiger partial charge >= 0.3 is 5.97 Å². The van der Waals surface area contributed by atoms with Gasteiger partial charge in [0.2, 0.25) is 10.0 Å². The molecule has 0 bridgehead atoms. The van der Waals surface area contributed by atoms with Gasteiger partial charge in [0.1, 0.15) is 0 Å². The Balaban J connectivity index is 1.67. The van der Waals surface area contributed by atoms with Gasteiger partial charge in [-0.1, -0.05) is 17.7 Å². The Morgan fingerprint density at radius 2 is 1.77 bits per heavy atom. The quantitative estimate of drug-likeness (QED) is 0.605. The van der Waals surface area contributed by atoms with Crippen LogP contribution in [0.5, 0.6) is 0 Å². The van der Waals surface area contributed by atoms with Gasteiger partial charge in [0.25, 0.3) is 0 Å². The van der Waals surface area contributed by atoms with E-state index in [1.165, 1.54) is 24.3 Å². The number of carbonyl (C=O) groups is 1. The summed E-state index contributed by atoms with van der Waals surface area (Å²) in [5.74, 6) is -1.32. The molecule has 0 aromatic heterocycles. The van der Waals surface area contributed by atoms with Crippen molar-refractivity contribution >= 4 is 27.6 Å². The number of aryl methyl sites for hydroxylation is 1. The highest BCUT2D eigenvalue weighted by Gasteiger charge is 2.32. The molecule has 2 aliphatic carbocycles. The summed E-state index contributed by atoms with van der Waals surface area (Å²) >= 11 is 5.86. The average molecular weight is 464 g/mol. The minimum Gasteiger partial charge on any atom is -0.479 e. The summed E-state index contributed by atoms with van der Waals surface area (Å²) in [5.41, 5.74) is 4.47. The maximum atomic E-state index is 12.7. The van der Waals surface area contributed by atoms with Crippen LogP contribution >= 0.6 is 11.6 Å². The Morgan fingerprint density at radius 1 is 1.10 bits per heavy atom. The van der Waals surface area contributed by atoms with Gasteiger partial charge in [0.15, 0.2) is 6.10 Å². The molecule has 3 N–H and O–H groups in total. The monoisotopic (exact) mass is 463 g/mol. The maximum absolute atomic E-state index is 12.7. The number of hydrogen-bond acceptors (Lipinski definition) is 4. The average Bonchev–Trinajstić information content (AvgIpc) is 2.76. The number of aliphatic carboxylic acids is 1. The number of hydrogen-bond donors (Lipinski definition) is 3. The van der Waals surface area contributed by atoms with Crippen molar-refractivity contribution in [1.29, 1.82) is 0 Å². The number of aliphatic hydroxyl groups is 1. The Labute approximate surface area is 187 Å². The molecule has 166 valence electrons. The summed E-state index contributed by atoms with van der Waals surface area (Å²) in [4.78, 5) is 11.8. The van der Waals surface area contributed by atoms with Crippen molar-refractivity contribution in [2.45, 2.75) is 61.9 Å². The van der Waals surface area contributed by atoms with Crippen LogP contribution in [-0.4, -0.2) is 31.1 Å². The Kier molecular flexibility index (Phi) is 6.40. The van der Waals surface area contributed by atoms with E-state index in [2.05, 4.69) is 10.8 Å². The van der Waals surface area contributed by atoms with Crippen molar-refractivity contribution < 1.29 is 23.4 Å². The number of carboxylic acids is 1. The SMILES string of the molecule is O=C(O)C(O)c1c2c(cc3c1CCCC3CNS(=O)(=O)c1ccc(Cl)cc1)CCCC2. The van der Waals surface area contributed by atoms with Crippen LogP contribution in [-0.2, 0) is 34.1 Å². The molecule has 6 nitrogen and oxygen atoms in total. The zero-order valence-electron chi connectivity index (χ0n) is 17.1. The molecule has 2 aromatic rings. The van der Waals surface area contributed by atoms with Crippen molar-refractivity contribution in [2.24, 2.45) is 0 Å². The molecular formula is C23H26ClNO5S. The van der Waals surface area contributed by atoms with Crippen molar-refractivity contribution in [3.63, 3.8) is 0 Å². The fraction of sp³-hybridized carbons (Fsp3) is 0.435. The van der Waals surface area contributed by atoms with Gasteiger partial charge in [-0.2, -0.15) is 0 Å². The number of carboxylic acid groups (broad SMARTS) is 1. The van der Waals surface area contributed by atoms with E-state index in [0.717, 1.165) is 60.8 Å². The molecule has 0 heterocycles. The standard InChI is InChI=1S/C23H26ClNO5S/c24-16-8-10-17(11-9-16)31(29,30)25-13-15-5-3-7-19-20(15)12-14-4-1-2-6-18(14)21(19)22(26)23(27)28/h8-12,15,22,25-26H,1-7,13H2,(H,27,28). The van der Waals surface area contributed by atoms with E-state index in [0.29, 0.717) is 17.0 Å². The number of halogens is 1. The molecule has 31 heavy (non-hydrogen) atoms. The van der Waals surface area contributed by atoms with Gasteiger partial charge in [-0.3, -0.25) is 0 Å². The molecule has 0 spiro atoms. The number of fused-ring (bicyclic) bond motifs is 2. The second kappa shape index (κ2) is 8.90. The van der Waals surface area contributed by atoms with Crippen molar-refractivity contribution in [3.05, 3.63) is 63.2 Å². The Morgan fingerprint density at radius 3 is 2.48 bits per heavy atom. The number of sulfonamides is 1. The zero-order valence-corrected chi connectivity index (χ0v) is 18.7. The summed E-state index contributed by atoms with van der Waals surface area (Å²) in [6.07, 6.45) is 4.41. The predicted molar refractivity (Wildman–Crippen MR) is 118 cm³/mol. The van der Waals surface area contributed by atoms with Crippen LogP contribution in [0.2, 0.25) is 5.02 Å². The van der Waals surface area contributed by atoms with Crippen LogP contribution in [0.25, 0.3) is 0 Å². The molecule has 2 unspecified atom stereocenters. The van der Waals surface area contributed by atoms with Crippen LogP contribution in [0.3, 0.4) is 0 Å². The highest BCUT2D eigenvalue weighted by molar-refractivity contribution is 7.89. The van der Waals surface area contributed by atoms with Gasteiger partial charge in [0, 0.05) is 11.6 Å². The Bertz CT molecular complexity index is 1100. The summed E-state index contributed by atoms with van der Waals surface area (Å²) in [7, 11) is -3.69. The molecule has 0 amide bonds. The number of rotatable bonds is 6. The van der Waals surface area contributed by atoms with Gasteiger partial charge in [-0.05, 0) is 103 Å². The molecule has 2 aliphatic rings. The molecule has 2 aromatic carbocycles. The second-order valence-electron chi connectivity index (χ2n) is 8.34. The topological polar surface area (TPSA) is 104 Å². The predicted octanol–water partition coefficient (Wildman–Crippen LogP) is 3.74. The second-order valence-corrected chi connectivity index (χ2v) is 10.5. The Hall–Kier alpha value is -1.93. The molecular weight excluding hydrogens is 438 g/mol. The molecule has 2 atom stereocenters. The molecule has 0 fully saturated rings. The number of aliphatic hydroxyl groups excluding tert-OH is 1. The smallest absolute Gasteiger partial charge is 0.337 e. The first-order chi connectivity index (χ1) is 14.8. The van der Waals surface area contributed by atoms with E-state index < -0.39 is 22.1 Å². The van der Waals surface area contributed by atoms with Crippen LogP contribution in [0.1, 0.15) is 65.5 Å². The molecule has 0 aliphatic heterocycles. The van der Waals surface area contributed by atoms with Gasteiger partial charge < -0.3 is 10.2 Å². The largest absolute Gasteiger partial charge is 0.479 e. The van der Waals surface area contributed by atoms with Crippen molar-refractivity contribution in [2.75, 3.05) is 6.54 Å². The first kappa shape index (κ1) is 22.3. The van der Waals surface area contributed by atoms with Gasteiger partial charge in [-0.25, -0.2) is 17.9 Å². The lowest BCUT2D eigenvalue weighted by Crippen LogP contribution is -2.31. The third kappa shape index (κ3) is 4.51. The minimum absolute atomic E-state index is 0.0715. The molecule has 4 rings (SSSR count). The van der Waals surface area contributed by atoms with E-state index in [4.69, 9.17) is 11.6 Å². The van der Waals surface area contributed by atoms with Crippen LogP contribution < -0.4 is 4.72 Å². The molecule has 8 heteroatoms. The van der Waals surface area contributed by atoms with E-state index >= 15 is 0 Å². The lowest BCUT2D eigenvalue weighted by Gasteiger charge is -2.32. The van der Waals surface area contributed by atoms with Crippen LogP contribution in [0, 0.1) is 0 Å². The fourth-order valence-corrected chi connectivity index (χ4v) is 6.11. The lowest BCUT2D eigenvalue weighted by atomic mass is 9.74. The van der Waals surface area contributed by atoms with E-state index in [1.54, 1.807) is 0 Å². The van der Waals surface area contributed by atoms with Crippen LogP contribution in [0.15, 0.2) is 35.2 Å². The van der Waals surface area contributed by atoms with E-state index in [9.17, 15) is 23.4 Å². The molecule has 0 saturated carbocycles. The number of nitrogens with one attached hydrogen (secondary N) is 1. The number of benzene rings is 2. The fourth-order valence-electron chi connectivity index (χ4n) is 4.91. The van der Waals surface area contributed by atoms with E-state index in [-0.39, 0.29) is 17.4 Å². The van der Waals surface area contributed by atoms with Gasteiger partial charge in [-0.15, -0.1) is 0 Å². The first-order valence-corrected chi connectivity index (χ1v) is 12.5. The summed E-state index contributed by atoms with van der Waals surface area (Å²) in [5, 5.41) is 20.5.